The third-order valence-corrected chi connectivity index (χ3v) is 38.4. The van der Waals surface area contributed by atoms with Crippen LogP contribution in [0.1, 0.15) is 0 Å². The van der Waals surface area contributed by atoms with Crippen molar-refractivity contribution in [1.29, 1.82) is 0 Å². The number of rotatable bonds is 13. The van der Waals surface area contributed by atoms with E-state index in [0.29, 0.717) is 116 Å². The molecule has 0 aliphatic rings. The van der Waals surface area contributed by atoms with E-state index < -0.39 is 0 Å². The predicted molar refractivity (Wildman–Crippen MR) is 570 cm³/mol. The minimum absolute atomic E-state index is 0.0180. The van der Waals surface area contributed by atoms with Crippen molar-refractivity contribution >= 4 is 478 Å². The summed E-state index contributed by atoms with van der Waals surface area (Å²) in [4.78, 5) is 0. The molecule has 0 fully saturated rings. The lowest BCUT2D eigenvalue weighted by Crippen LogP contribution is -1.93. The van der Waals surface area contributed by atoms with Crippen LogP contribution in [-0.2, 0) is 0 Å². The zero-order valence-electron chi connectivity index (χ0n) is 56.8. The highest BCUT2D eigenvalue weighted by molar-refractivity contribution is 9.17. The second kappa shape index (κ2) is 49.5. The van der Waals surface area contributed by atoms with Gasteiger partial charge in [-0.25, -0.2) is 0 Å². The molecule has 9 N–H and O–H groups in total. The SMILES string of the molecule is COc1c(Br)cc(Br)cc1Oc1c(O)cc(Br)cc1Br.Oc1c(Br)cc(Br)cc1Oc1c(Br)cc(Br)c(Br)c1O.Oc1c(Br)cc(Br)cc1Oc1c(O)c(Br)c(Br)c(Br)c1Br.Oc1c(Oc2ccc(Br)cc2Br)cc(Br)c(Br)c1Br.Oc1cc(Br)c(Br)c(Br)c1Oc1cc(Br)cc(Br)c1O.Oc1cc(Br)c(Br)c(Br)c1Oc1ccc(Br)cc1Br. The van der Waals surface area contributed by atoms with E-state index in [1.54, 1.807) is 92.0 Å². The minimum atomic E-state index is -0.104. The highest BCUT2D eigenvalue weighted by Gasteiger charge is 2.26. The van der Waals surface area contributed by atoms with E-state index in [9.17, 15) is 46.0 Å². The lowest BCUT2D eigenvalue weighted by Gasteiger charge is -2.15. The van der Waals surface area contributed by atoms with Crippen LogP contribution in [0.2, 0.25) is 0 Å². The summed E-state index contributed by atoms with van der Waals surface area (Å²) in [5.41, 5.74) is 0. The molecule has 12 rings (SSSR count). The summed E-state index contributed by atoms with van der Waals surface area (Å²) >= 11 is 100.0. The van der Waals surface area contributed by atoms with Gasteiger partial charge in [0.25, 0.3) is 0 Å². The zero-order valence-corrected chi connectivity index (χ0v) is 104. The van der Waals surface area contributed by atoms with Gasteiger partial charge < -0.3 is 79.1 Å². The van der Waals surface area contributed by atoms with E-state index in [1.165, 1.54) is 6.07 Å². The molecule has 0 amide bonds. The standard InChI is InChI=1S/C13H8Br4O3.C12H4Br6O3.2C12H5Br5O3.2C12H5Br5O2/c1-19-13-9(17)3-7(15)5-11(13)20-12-8(16)2-6(14)4-10(12)18;13-3-1-4(14)10(19)5(2-3)21-12-9(18)7(16)6(15)8(17)11(12)20;13-4-1-6(15)11(19)8(2-4)20-12-7(18)3-5(14)9(16)10(12)17;13-4-1-6(15)10(18)8(2-4)20-12-7(16)3-5(14)9(17)11(12)19;13-5-1-2-9(6(14)3-5)19-12-8(18)4-7(15)10(16)11(12)17;13-5-1-2-8(6(14)3-5)19-9-4-7(15)10(16)11(17)12(9)18/h2-5,18H,1H3;1-2,19-20H;2*1-3,18-19H;2*1-4,18H. The van der Waals surface area contributed by atoms with Crippen molar-refractivity contribution in [2.45, 2.75) is 0 Å². The van der Waals surface area contributed by atoms with Crippen molar-refractivity contribution in [2.75, 3.05) is 7.11 Å². The molecular weight excluding hydrogens is 3530 g/mol. The van der Waals surface area contributed by atoms with Gasteiger partial charge in [-0.15, -0.1) is 0 Å². The van der Waals surface area contributed by atoms with Crippen molar-refractivity contribution in [3.8, 4) is 126 Å². The van der Waals surface area contributed by atoms with E-state index in [0.717, 1.165) is 58.1 Å². The van der Waals surface area contributed by atoms with Crippen LogP contribution in [-0.4, -0.2) is 53.1 Å². The summed E-state index contributed by atoms with van der Waals surface area (Å²) in [7, 11) is 1.55. The Labute approximate surface area is 929 Å². The fourth-order valence-corrected chi connectivity index (χ4v) is 24.9. The number of ether oxygens (including phenoxy) is 7. The van der Waals surface area contributed by atoms with Gasteiger partial charge in [-0.05, 0) is 482 Å². The molecule has 0 aliphatic carbocycles. The zero-order chi connectivity index (χ0) is 89.1. The maximum atomic E-state index is 10.2. The fourth-order valence-electron chi connectivity index (χ4n) is 8.43. The van der Waals surface area contributed by atoms with Crippen LogP contribution in [0.3, 0.4) is 0 Å². The van der Waals surface area contributed by atoms with Gasteiger partial charge in [0.2, 0.25) is 0 Å². The molecule has 0 saturated carbocycles. The van der Waals surface area contributed by atoms with E-state index in [-0.39, 0.29) is 86.2 Å². The van der Waals surface area contributed by atoms with Crippen LogP contribution in [0.25, 0.3) is 0 Å². The number of hydrogen-bond acceptors (Lipinski definition) is 16. The number of phenolic OH excluding ortho intramolecular Hbond substituents is 9. The monoisotopic (exact) mass is 3530 g/mol. The van der Waals surface area contributed by atoms with Crippen LogP contribution in [0, 0.1) is 0 Å². The van der Waals surface area contributed by atoms with Crippen molar-refractivity contribution in [1.82, 2.24) is 0 Å². The fraction of sp³-hybridized carbons (Fsp3) is 0.0137. The number of halogens is 30. The highest BCUT2D eigenvalue weighted by Crippen LogP contribution is 2.57. The van der Waals surface area contributed by atoms with Crippen molar-refractivity contribution in [3.05, 3.63) is 256 Å². The molecule has 0 bridgehead atoms. The third-order valence-electron chi connectivity index (χ3n) is 13.8. The Morgan fingerprint density at radius 2 is 0.454 bits per heavy atom. The van der Waals surface area contributed by atoms with Crippen molar-refractivity contribution < 1.29 is 79.1 Å². The smallest absolute Gasteiger partial charge is 0.185 e. The first kappa shape index (κ1) is 108. The van der Waals surface area contributed by atoms with Gasteiger partial charge in [0.15, 0.2) is 115 Å². The Balaban J connectivity index is 0.000000197. The van der Waals surface area contributed by atoms with Gasteiger partial charge in [0, 0.05) is 68.7 Å². The van der Waals surface area contributed by atoms with Crippen LogP contribution in [0.4, 0.5) is 0 Å². The summed E-state index contributed by atoms with van der Waals surface area (Å²) < 4.78 is 59.4. The van der Waals surface area contributed by atoms with Crippen LogP contribution in [0.5, 0.6) is 126 Å². The van der Waals surface area contributed by atoms with E-state index in [2.05, 4.69) is 478 Å². The summed E-state index contributed by atoms with van der Waals surface area (Å²) in [5.74, 6) is 4.06. The maximum absolute atomic E-state index is 10.2. The van der Waals surface area contributed by atoms with Crippen molar-refractivity contribution in [3.63, 3.8) is 0 Å². The average molecular weight is 3560 g/mol. The molecule has 0 saturated heterocycles. The van der Waals surface area contributed by atoms with Gasteiger partial charge >= 0.3 is 0 Å². The first-order chi connectivity index (χ1) is 55.6. The van der Waals surface area contributed by atoms with Crippen molar-refractivity contribution in [2.24, 2.45) is 0 Å². The molecule has 0 aliphatic heterocycles. The average Bonchev–Trinajstić information content (AvgIpc) is 0.794. The molecule has 0 radical (unpaired) electrons. The summed E-state index contributed by atoms with van der Waals surface area (Å²) in [6, 6.07) is 34.4. The van der Waals surface area contributed by atoms with Gasteiger partial charge in [-0.2, -0.15) is 0 Å². The normalized spacial score (nSPS) is 10.6. The largest absolute Gasteiger partial charge is 0.504 e. The maximum Gasteiger partial charge on any atom is 0.185 e. The molecule has 0 unspecified atom stereocenters. The summed E-state index contributed by atoms with van der Waals surface area (Å²) in [6.45, 7) is 0. The van der Waals surface area contributed by atoms with Gasteiger partial charge in [-0.3, -0.25) is 0 Å². The second-order valence-electron chi connectivity index (χ2n) is 21.9. The first-order valence-corrected chi connectivity index (χ1v) is 54.1. The molecule has 12 aromatic carbocycles. The molecule has 0 atom stereocenters. The van der Waals surface area contributed by atoms with E-state index in [4.69, 9.17) is 33.2 Å². The van der Waals surface area contributed by atoms with Crippen LogP contribution < -0.4 is 33.2 Å². The molecule has 0 spiro atoms. The Morgan fingerprint density at radius 1 is 0.168 bits per heavy atom. The molecule has 0 heterocycles. The van der Waals surface area contributed by atoms with Gasteiger partial charge in [0.05, 0.1) is 78.7 Å². The molecule has 12 aromatic rings. The molecule has 119 heavy (non-hydrogen) atoms. The number of hydrogen-bond donors (Lipinski definition) is 9. The molecule has 46 heteroatoms. The Morgan fingerprint density at radius 3 is 0.882 bits per heavy atom. The van der Waals surface area contributed by atoms with Crippen LogP contribution >= 0.6 is 478 Å². The summed E-state index contributed by atoms with van der Waals surface area (Å²) in [5, 5.41) is 90.3. The van der Waals surface area contributed by atoms with E-state index >= 15 is 0 Å². The summed E-state index contributed by atoms with van der Waals surface area (Å²) in [6.07, 6.45) is 0. The number of phenols is 9. The van der Waals surface area contributed by atoms with Crippen LogP contribution in [0.15, 0.2) is 256 Å². The molecule has 630 valence electrons. The Bertz CT molecular complexity index is 5700. The number of aromatic hydroxyl groups is 9. The quantitative estimate of drug-likeness (QED) is 0.0385. The predicted octanol–water partition coefficient (Wildman–Crippen LogP) is 41.1. The van der Waals surface area contributed by atoms with E-state index in [1.807, 2.05) is 30.3 Å². The molecule has 0 aromatic heterocycles. The Hall–Kier alpha value is 1.84. The van der Waals surface area contributed by atoms with Gasteiger partial charge in [-0.1, -0.05) is 112 Å². The first-order valence-electron chi connectivity index (χ1n) is 30.3. The second-order valence-corrected chi connectivity index (χ2v) is 47.3. The minimum Gasteiger partial charge on any atom is -0.504 e. The van der Waals surface area contributed by atoms with Gasteiger partial charge in [0.1, 0.15) is 11.5 Å². The Kier molecular flexibility index (Phi) is 44.9. The molecular formula is C73H32Br30O16. The third kappa shape index (κ3) is 29.4. The topological polar surface area (TPSA) is 247 Å². The molecule has 16 nitrogen and oxygen atoms in total. The number of methoxy groups -OCH3 is 1. The lowest BCUT2D eigenvalue weighted by molar-refractivity contribution is 0.363. The number of benzene rings is 12. The lowest BCUT2D eigenvalue weighted by atomic mass is 10.3. The highest BCUT2D eigenvalue weighted by atomic mass is 79.9.